The molecule has 0 bridgehead atoms. The summed E-state index contributed by atoms with van der Waals surface area (Å²) in [5.74, 6) is 4.93. The van der Waals surface area contributed by atoms with Gasteiger partial charge in [-0.15, -0.1) is 5.92 Å². The third-order valence-electron chi connectivity index (χ3n) is 3.56. The van der Waals surface area contributed by atoms with Crippen LogP contribution >= 0.6 is 0 Å². The van der Waals surface area contributed by atoms with Crippen molar-refractivity contribution in [3.63, 3.8) is 0 Å². The number of amides is 1. The number of carbonyl (C=O) groups excluding carboxylic acids is 3. The highest BCUT2D eigenvalue weighted by molar-refractivity contribution is 6.12. The maximum Gasteiger partial charge on any atom is 0.215 e. The smallest absolute Gasteiger partial charge is 0.215 e. The Hall–Kier alpha value is -2.67. The molecule has 0 aliphatic rings. The number of ketones is 1. The molecule has 0 atom stereocenters. The van der Waals surface area contributed by atoms with Crippen LogP contribution in [0, 0.1) is 31.6 Å². The van der Waals surface area contributed by atoms with Crippen LogP contribution in [0.25, 0.3) is 0 Å². The van der Waals surface area contributed by atoms with Crippen molar-refractivity contribution < 1.29 is 14.4 Å². The van der Waals surface area contributed by atoms with E-state index in [2.05, 4.69) is 11.8 Å². The van der Waals surface area contributed by atoms with E-state index in [0.29, 0.717) is 23.8 Å². The lowest BCUT2D eigenvalue weighted by Crippen LogP contribution is -2.30. The molecule has 0 saturated heterocycles. The normalized spacial score (nSPS) is 11.2. The molecule has 0 radical (unpaired) electrons. The van der Waals surface area contributed by atoms with E-state index in [9.17, 15) is 14.4 Å². The quantitative estimate of drug-likeness (QED) is 0.335. The Morgan fingerprint density at radius 3 is 2.17 bits per heavy atom. The second-order valence-electron chi connectivity index (χ2n) is 5.94. The van der Waals surface area contributed by atoms with Crippen LogP contribution in [0.4, 0.5) is 0 Å². The van der Waals surface area contributed by atoms with Crippen molar-refractivity contribution in [3.05, 3.63) is 46.2 Å². The Morgan fingerprint density at radius 2 is 1.75 bits per heavy atom. The van der Waals surface area contributed by atoms with Crippen molar-refractivity contribution in [1.82, 2.24) is 4.90 Å². The highest BCUT2D eigenvalue weighted by atomic mass is 16.1. The van der Waals surface area contributed by atoms with Gasteiger partial charge in [-0.1, -0.05) is 37.0 Å². The molecule has 0 aliphatic carbocycles. The van der Waals surface area contributed by atoms with E-state index in [0.717, 1.165) is 11.1 Å². The summed E-state index contributed by atoms with van der Waals surface area (Å²) in [4.78, 5) is 37.3. The molecule has 0 heterocycles. The first-order valence-corrected chi connectivity index (χ1v) is 7.79. The number of hydrogen-bond donors (Lipinski definition) is 0. The topological polar surface area (TPSA) is 54.5 Å². The molecule has 0 saturated carbocycles. The van der Waals surface area contributed by atoms with Crippen LogP contribution in [0.3, 0.4) is 0 Å². The molecule has 0 aliphatic heterocycles. The van der Waals surface area contributed by atoms with E-state index >= 15 is 0 Å². The van der Waals surface area contributed by atoms with E-state index < -0.39 is 0 Å². The minimum atomic E-state index is -0.345. The van der Waals surface area contributed by atoms with Gasteiger partial charge in [0.05, 0.1) is 12.2 Å². The molecule has 0 unspecified atom stereocenters. The van der Waals surface area contributed by atoms with Crippen LogP contribution in [-0.2, 0) is 9.59 Å². The molecule has 126 valence electrons. The Kier molecular flexibility index (Phi) is 7.13. The van der Waals surface area contributed by atoms with Gasteiger partial charge in [0, 0.05) is 11.1 Å². The summed E-state index contributed by atoms with van der Waals surface area (Å²) in [6, 6.07) is 5.47. The zero-order valence-electron chi connectivity index (χ0n) is 14.8. The van der Waals surface area contributed by atoms with Gasteiger partial charge in [-0.05, 0) is 38.8 Å². The van der Waals surface area contributed by atoms with Crippen molar-refractivity contribution in [2.75, 3.05) is 6.54 Å². The van der Waals surface area contributed by atoms with Crippen molar-refractivity contribution in [2.45, 2.75) is 34.6 Å². The average Bonchev–Trinajstić information content (AvgIpc) is 2.52. The molecule has 4 heteroatoms. The van der Waals surface area contributed by atoms with Crippen LogP contribution in [0.5, 0.6) is 0 Å². The monoisotopic (exact) mass is 325 g/mol. The number of Topliss-reactive ketones (excluding diaryl/α,β-unsaturated/α-hetero) is 1. The number of benzene rings is 1. The maximum atomic E-state index is 13.1. The summed E-state index contributed by atoms with van der Waals surface area (Å²) < 4.78 is 0. The van der Waals surface area contributed by atoms with Crippen molar-refractivity contribution in [3.8, 4) is 11.8 Å². The predicted octanol–water partition coefficient (Wildman–Crippen LogP) is 3.08. The summed E-state index contributed by atoms with van der Waals surface area (Å²) in [7, 11) is 0. The van der Waals surface area contributed by atoms with Crippen molar-refractivity contribution in [2.24, 2.45) is 5.92 Å². The number of allylic oxidation sites excluding steroid dienone is 2. The van der Waals surface area contributed by atoms with Gasteiger partial charge in [0.25, 0.3) is 0 Å². The van der Waals surface area contributed by atoms with Gasteiger partial charge in [0.2, 0.25) is 12.2 Å². The van der Waals surface area contributed by atoms with Crippen LogP contribution in [0.1, 0.15) is 42.3 Å². The fourth-order valence-corrected chi connectivity index (χ4v) is 2.47. The zero-order valence-corrected chi connectivity index (χ0v) is 14.8. The lowest BCUT2D eigenvalue weighted by atomic mass is 9.95. The standard InChI is InChI=1S/C20H23NO3/c1-6-7-8-21(13-23)19(18(12-22)14(2)3)20(24)17-10-15(4)9-16(5)11-17/h9-14H,8H2,1-5H3/b19-18+. The largest absolute Gasteiger partial charge is 0.299 e. The highest BCUT2D eigenvalue weighted by Gasteiger charge is 2.24. The summed E-state index contributed by atoms with van der Waals surface area (Å²) in [6.45, 7) is 9.14. The van der Waals surface area contributed by atoms with Crippen molar-refractivity contribution in [1.29, 1.82) is 0 Å². The van der Waals surface area contributed by atoms with E-state index in [4.69, 9.17) is 0 Å². The molecule has 1 amide bonds. The molecular formula is C20H23NO3. The second-order valence-corrected chi connectivity index (χ2v) is 5.94. The number of rotatable bonds is 7. The number of aryl methyl sites for hydroxylation is 2. The fourth-order valence-electron chi connectivity index (χ4n) is 2.47. The SMILES string of the molecule is CC#CCN(C=O)/C(C(=O)c1cc(C)cc(C)c1)=C(\C=O)C(C)C. The zero-order chi connectivity index (χ0) is 18.3. The Bertz CT molecular complexity index is 713. The number of nitrogens with zero attached hydrogens (tertiary/aromatic N) is 1. The summed E-state index contributed by atoms with van der Waals surface area (Å²) >= 11 is 0. The molecule has 1 aromatic rings. The molecule has 0 N–H and O–H groups in total. The Morgan fingerprint density at radius 1 is 1.17 bits per heavy atom. The molecule has 1 aromatic carbocycles. The molecule has 0 spiro atoms. The van der Waals surface area contributed by atoms with Gasteiger partial charge >= 0.3 is 0 Å². The van der Waals surface area contributed by atoms with Crippen LogP contribution in [0.15, 0.2) is 29.5 Å². The summed E-state index contributed by atoms with van der Waals surface area (Å²) in [6.07, 6.45) is 1.20. The molecule has 0 aromatic heterocycles. The Labute approximate surface area is 143 Å². The lowest BCUT2D eigenvalue weighted by Gasteiger charge is -2.22. The van der Waals surface area contributed by atoms with Gasteiger partial charge in [0.1, 0.15) is 6.29 Å². The van der Waals surface area contributed by atoms with E-state index in [-0.39, 0.29) is 23.9 Å². The second kappa shape index (κ2) is 8.83. The first-order valence-electron chi connectivity index (χ1n) is 7.79. The molecule has 0 fully saturated rings. The third-order valence-corrected chi connectivity index (χ3v) is 3.56. The minimum Gasteiger partial charge on any atom is -0.299 e. The van der Waals surface area contributed by atoms with Crippen molar-refractivity contribution >= 4 is 18.5 Å². The van der Waals surface area contributed by atoms with E-state index in [1.54, 1.807) is 19.1 Å². The molecular weight excluding hydrogens is 302 g/mol. The average molecular weight is 325 g/mol. The third kappa shape index (κ3) is 4.66. The van der Waals surface area contributed by atoms with Gasteiger partial charge in [-0.25, -0.2) is 0 Å². The molecule has 1 rings (SSSR count). The van der Waals surface area contributed by atoms with Gasteiger partial charge < -0.3 is 0 Å². The maximum absolute atomic E-state index is 13.1. The predicted molar refractivity (Wildman–Crippen MR) is 94.4 cm³/mol. The van der Waals surface area contributed by atoms with E-state index in [1.807, 2.05) is 33.8 Å². The van der Waals surface area contributed by atoms with Gasteiger partial charge in [-0.3, -0.25) is 19.3 Å². The summed E-state index contributed by atoms with van der Waals surface area (Å²) in [5.41, 5.74) is 2.74. The molecule has 24 heavy (non-hydrogen) atoms. The molecule has 4 nitrogen and oxygen atoms in total. The van der Waals surface area contributed by atoms with Crippen LogP contribution in [0.2, 0.25) is 0 Å². The van der Waals surface area contributed by atoms with E-state index in [1.165, 1.54) is 4.90 Å². The highest BCUT2D eigenvalue weighted by Crippen LogP contribution is 2.21. The lowest BCUT2D eigenvalue weighted by molar-refractivity contribution is -0.116. The van der Waals surface area contributed by atoms with Gasteiger partial charge in [0.15, 0.2) is 0 Å². The van der Waals surface area contributed by atoms with Crippen LogP contribution < -0.4 is 0 Å². The number of hydrogen-bond acceptors (Lipinski definition) is 3. The number of aldehydes is 1. The first kappa shape index (κ1) is 19.4. The van der Waals surface area contributed by atoms with Gasteiger partial charge in [-0.2, -0.15) is 0 Å². The first-order chi connectivity index (χ1) is 11.3. The Balaban J connectivity index is 3.56. The minimum absolute atomic E-state index is 0.0654. The fraction of sp³-hybridized carbons (Fsp3) is 0.350. The van der Waals surface area contributed by atoms with Crippen LogP contribution in [-0.4, -0.2) is 29.9 Å². The number of carbonyl (C=O) groups is 3. The summed E-state index contributed by atoms with van der Waals surface area (Å²) in [5, 5.41) is 0.